The van der Waals surface area contributed by atoms with E-state index in [2.05, 4.69) is 12.2 Å². The Labute approximate surface area is 111 Å². The minimum absolute atomic E-state index is 0.0450. The van der Waals surface area contributed by atoms with E-state index in [1.54, 1.807) is 0 Å². The highest BCUT2D eigenvalue weighted by molar-refractivity contribution is 5.08. The van der Waals surface area contributed by atoms with Crippen LogP contribution >= 0.6 is 0 Å². The molecule has 0 aromatic heterocycles. The summed E-state index contributed by atoms with van der Waals surface area (Å²) in [4.78, 5) is 0. The van der Waals surface area contributed by atoms with Gasteiger partial charge in [-0.2, -0.15) is 0 Å². The quantitative estimate of drug-likeness (QED) is 0.803. The van der Waals surface area contributed by atoms with E-state index in [4.69, 9.17) is 5.73 Å². The molecule has 0 amide bonds. The van der Waals surface area contributed by atoms with Crippen molar-refractivity contribution >= 4 is 0 Å². The van der Waals surface area contributed by atoms with Crippen molar-refractivity contribution in [2.45, 2.75) is 69.4 Å². The van der Waals surface area contributed by atoms with Crippen molar-refractivity contribution in [1.29, 1.82) is 0 Å². The zero-order valence-electron chi connectivity index (χ0n) is 11.8. The molecule has 0 aliphatic heterocycles. The van der Waals surface area contributed by atoms with Crippen LogP contribution in [-0.4, -0.2) is 17.6 Å². The third-order valence-electron chi connectivity index (χ3n) is 6.39. The molecule has 102 valence electrons. The van der Waals surface area contributed by atoms with Crippen molar-refractivity contribution in [3.63, 3.8) is 0 Å². The molecule has 0 aromatic carbocycles. The van der Waals surface area contributed by atoms with E-state index in [1.807, 2.05) is 0 Å². The Morgan fingerprint density at radius 1 is 1.06 bits per heavy atom. The molecule has 0 spiro atoms. The first-order chi connectivity index (χ1) is 8.55. The van der Waals surface area contributed by atoms with Crippen LogP contribution in [0.3, 0.4) is 0 Å². The van der Waals surface area contributed by atoms with Crippen LogP contribution < -0.4 is 11.1 Å². The van der Waals surface area contributed by atoms with Crippen LogP contribution in [0.2, 0.25) is 0 Å². The standard InChI is InChI=1S/C16H28N2/c1-15(17,14-2-3-14)10-18-16-7-11-4-12(8-16)6-13(5-11)9-16/h11-14,18H,2-10,17H2,1H3. The van der Waals surface area contributed by atoms with Gasteiger partial charge in [0.2, 0.25) is 0 Å². The Bertz CT molecular complexity index is 308. The third kappa shape index (κ3) is 1.92. The monoisotopic (exact) mass is 248 g/mol. The predicted molar refractivity (Wildman–Crippen MR) is 74.2 cm³/mol. The molecule has 5 saturated carbocycles. The number of hydrogen-bond acceptors (Lipinski definition) is 2. The lowest BCUT2D eigenvalue weighted by Crippen LogP contribution is -2.62. The van der Waals surface area contributed by atoms with Gasteiger partial charge in [-0.3, -0.25) is 0 Å². The molecule has 5 rings (SSSR count). The van der Waals surface area contributed by atoms with E-state index >= 15 is 0 Å². The lowest BCUT2D eigenvalue weighted by atomic mass is 9.53. The van der Waals surface area contributed by atoms with Crippen LogP contribution in [0.4, 0.5) is 0 Å². The summed E-state index contributed by atoms with van der Waals surface area (Å²) in [7, 11) is 0. The first kappa shape index (κ1) is 11.7. The Kier molecular flexibility index (Phi) is 2.43. The molecule has 0 saturated heterocycles. The molecule has 0 radical (unpaired) electrons. The molecule has 5 fully saturated rings. The summed E-state index contributed by atoms with van der Waals surface area (Å²) in [6.07, 6.45) is 11.6. The zero-order valence-corrected chi connectivity index (χ0v) is 11.8. The van der Waals surface area contributed by atoms with E-state index in [0.29, 0.717) is 5.54 Å². The smallest absolute Gasteiger partial charge is 0.0281 e. The number of hydrogen-bond donors (Lipinski definition) is 2. The molecule has 0 aromatic rings. The van der Waals surface area contributed by atoms with Crippen LogP contribution in [0.5, 0.6) is 0 Å². The van der Waals surface area contributed by atoms with E-state index in [9.17, 15) is 0 Å². The maximum atomic E-state index is 6.49. The first-order valence-corrected chi connectivity index (χ1v) is 8.09. The lowest BCUT2D eigenvalue weighted by Gasteiger charge is -2.57. The van der Waals surface area contributed by atoms with Gasteiger partial charge in [-0.15, -0.1) is 0 Å². The van der Waals surface area contributed by atoms with Gasteiger partial charge in [0, 0.05) is 17.6 Å². The number of nitrogens with two attached hydrogens (primary N) is 1. The van der Waals surface area contributed by atoms with E-state index in [0.717, 1.165) is 30.2 Å². The van der Waals surface area contributed by atoms with Gasteiger partial charge in [-0.1, -0.05) is 0 Å². The topological polar surface area (TPSA) is 38.0 Å². The highest BCUT2D eigenvalue weighted by atomic mass is 15.0. The molecule has 3 N–H and O–H groups in total. The summed E-state index contributed by atoms with van der Waals surface area (Å²) in [6.45, 7) is 3.31. The normalized spacial score (nSPS) is 49.3. The molecular formula is C16H28N2. The van der Waals surface area contributed by atoms with Crippen molar-refractivity contribution in [3.05, 3.63) is 0 Å². The number of rotatable bonds is 4. The largest absolute Gasteiger partial charge is 0.324 e. The van der Waals surface area contributed by atoms with Gasteiger partial charge >= 0.3 is 0 Å². The molecule has 5 aliphatic carbocycles. The van der Waals surface area contributed by atoms with Gasteiger partial charge in [0.25, 0.3) is 0 Å². The SMILES string of the molecule is CC(N)(CNC12CC3CC(CC(C3)C1)C2)C1CC1. The average molecular weight is 248 g/mol. The predicted octanol–water partition coefficient (Wildman–Crippen LogP) is 2.67. The summed E-state index contributed by atoms with van der Waals surface area (Å²) in [5.74, 6) is 3.90. The summed E-state index contributed by atoms with van der Waals surface area (Å²) >= 11 is 0. The minimum Gasteiger partial charge on any atom is -0.324 e. The minimum atomic E-state index is 0.0450. The van der Waals surface area contributed by atoms with Crippen LogP contribution in [-0.2, 0) is 0 Å². The van der Waals surface area contributed by atoms with Crippen molar-refractivity contribution in [3.8, 4) is 0 Å². The fourth-order valence-corrected chi connectivity index (χ4v) is 5.59. The first-order valence-electron chi connectivity index (χ1n) is 8.09. The molecule has 4 bridgehead atoms. The molecule has 0 heterocycles. The molecule has 2 nitrogen and oxygen atoms in total. The third-order valence-corrected chi connectivity index (χ3v) is 6.39. The molecular weight excluding hydrogens is 220 g/mol. The maximum absolute atomic E-state index is 6.49. The summed E-state index contributed by atoms with van der Waals surface area (Å²) in [6, 6.07) is 0. The second kappa shape index (κ2) is 3.73. The molecule has 5 aliphatic rings. The Morgan fingerprint density at radius 3 is 2.00 bits per heavy atom. The van der Waals surface area contributed by atoms with Crippen molar-refractivity contribution in [2.75, 3.05) is 6.54 Å². The second-order valence-electron chi connectivity index (χ2n) is 8.33. The Balaban J connectivity index is 1.44. The molecule has 2 heteroatoms. The molecule has 1 unspecified atom stereocenters. The Hall–Kier alpha value is -0.0800. The highest BCUT2D eigenvalue weighted by Gasteiger charge is 2.51. The van der Waals surface area contributed by atoms with Gasteiger partial charge in [-0.05, 0) is 82.0 Å². The van der Waals surface area contributed by atoms with Crippen LogP contribution in [0.15, 0.2) is 0 Å². The average Bonchev–Trinajstić information content (AvgIpc) is 3.08. The fraction of sp³-hybridized carbons (Fsp3) is 1.00. The van der Waals surface area contributed by atoms with Gasteiger partial charge < -0.3 is 11.1 Å². The van der Waals surface area contributed by atoms with Gasteiger partial charge in [0.15, 0.2) is 0 Å². The summed E-state index contributed by atoms with van der Waals surface area (Å²) in [5, 5.41) is 3.96. The van der Waals surface area contributed by atoms with Gasteiger partial charge in [0.1, 0.15) is 0 Å². The maximum Gasteiger partial charge on any atom is 0.0281 e. The van der Waals surface area contributed by atoms with Gasteiger partial charge in [0.05, 0.1) is 0 Å². The summed E-state index contributed by atoms with van der Waals surface area (Å²) in [5.41, 5.74) is 7.02. The molecule has 1 atom stereocenters. The number of nitrogens with one attached hydrogen (secondary N) is 1. The highest BCUT2D eigenvalue weighted by Crippen LogP contribution is 2.55. The zero-order chi connectivity index (χ0) is 12.4. The van der Waals surface area contributed by atoms with Crippen molar-refractivity contribution in [2.24, 2.45) is 29.4 Å². The van der Waals surface area contributed by atoms with E-state index in [1.165, 1.54) is 51.4 Å². The van der Waals surface area contributed by atoms with E-state index < -0.39 is 0 Å². The van der Waals surface area contributed by atoms with Crippen LogP contribution in [0, 0.1) is 23.7 Å². The lowest BCUT2D eigenvalue weighted by molar-refractivity contribution is -0.0221. The van der Waals surface area contributed by atoms with E-state index in [-0.39, 0.29) is 5.54 Å². The fourth-order valence-electron chi connectivity index (χ4n) is 5.59. The van der Waals surface area contributed by atoms with Crippen molar-refractivity contribution in [1.82, 2.24) is 5.32 Å². The van der Waals surface area contributed by atoms with Crippen LogP contribution in [0.1, 0.15) is 58.3 Å². The summed E-state index contributed by atoms with van der Waals surface area (Å²) < 4.78 is 0. The second-order valence-corrected chi connectivity index (χ2v) is 8.33. The molecule has 18 heavy (non-hydrogen) atoms. The van der Waals surface area contributed by atoms with Crippen LogP contribution in [0.25, 0.3) is 0 Å². The Morgan fingerprint density at radius 2 is 1.56 bits per heavy atom. The van der Waals surface area contributed by atoms with Crippen molar-refractivity contribution < 1.29 is 0 Å². The van der Waals surface area contributed by atoms with Gasteiger partial charge in [-0.25, -0.2) is 0 Å².